The zero-order valence-corrected chi connectivity index (χ0v) is 7.86. The van der Waals surface area contributed by atoms with Crippen LogP contribution in [-0.2, 0) is 5.92 Å². The first-order valence-electron chi connectivity index (χ1n) is 3.62. The largest absolute Gasteiger partial charge is 0.320 e. The van der Waals surface area contributed by atoms with Gasteiger partial charge in [-0.2, -0.15) is 0 Å². The molecule has 0 bridgehead atoms. The Morgan fingerprint density at radius 3 is 2.50 bits per heavy atom. The fourth-order valence-corrected chi connectivity index (χ4v) is 1.12. The molecule has 0 spiro atoms. The van der Waals surface area contributed by atoms with Crippen molar-refractivity contribution in [3.05, 3.63) is 32.7 Å². The molecule has 1 N–H and O–H groups in total. The number of H-pyrrole nitrogens is 1. The lowest BCUT2D eigenvalue weighted by atomic mass is 10.2. The Labute approximate surface area is 82.7 Å². The molecule has 3 nitrogen and oxygen atoms in total. The molecule has 1 rings (SSSR count). The number of aromatic amines is 1. The standard InChI is InChI=1S/C8H6ClF2NO2/c1-8(10,11)6-2-5(9)4(3-13)7(14)12-6/h2-3H,1H3,(H,12,14). The van der Waals surface area contributed by atoms with Gasteiger partial charge in [-0.25, -0.2) is 8.78 Å². The van der Waals surface area contributed by atoms with E-state index in [2.05, 4.69) is 0 Å². The highest BCUT2D eigenvalue weighted by molar-refractivity contribution is 6.32. The molecule has 0 radical (unpaired) electrons. The Hall–Kier alpha value is -1.23. The van der Waals surface area contributed by atoms with Crippen molar-refractivity contribution in [2.75, 3.05) is 0 Å². The van der Waals surface area contributed by atoms with Crippen LogP contribution < -0.4 is 5.56 Å². The van der Waals surface area contributed by atoms with E-state index in [1.165, 1.54) is 0 Å². The number of carbonyl (C=O) groups is 1. The second-order valence-electron chi connectivity index (χ2n) is 2.78. The number of aromatic nitrogens is 1. The van der Waals surface area contributed by atoms with E-state index in [0.717, 1.165) is 6.07 Å². The van der Waals surface area contributed by atoms with Crippen LogP contribution in [0.5, 0.6) is 0 Å². The van der Waals surface area contributed by atoms with Gasteiger partial charge in [-0.15, -0.1) is 0 Å². The molecule has 6 heteroatoms. The quantitative estimate of drug-likeness (QED) is 0.776. The summed E-state index contributed by atoms with van der Waals surface area (Å²) in [7, 11) is 0. The Balaban J connectivity index is 3.43. The number of carbonyl (C=O) groups excluding carboxylic acids is 1. The van der Waals surface area contributed by atoms with Crippen molar-refractivity contribution < 1.29 is 13.6 Å². The lowest BCUT2D eigenvalue weighted by Gasteiger charge is -2.10. The fourth-order valence-electron chi connectivity index (χ4n) is 0.885. The summed E-state index contributed by atoms with van der Waals surface area (Å²) in [6, 6.07) is 0.868. The molecule has 1 aromatic heterocycles. The third-order valence-corrected chi connectivity index (χ3v) is 1.92. The van der Waals surface area contributed by atoms with E-state index in [4.69, 9.17) is 11.6 Å². The van der Waals surface area contributed by atoms with E-state index in [0.29, 0.717) is 6.92 Å². The van der Waals surface area contributed by atoms with Crippen LogP contribution in [0.15, 0.2) is 10.9 Å². The Morgan fingerprint density at radius 1 is 1.57 bits per heavy atom. The van der Waals surface area contributed by atoms with Crippen LogP contribution in [0.1, 0.15) is 23.0 Å². The molecular weight excluding hydrogens is 216 g/mol. The van der Waals surface area contributed by atoms with Crippen molar-refractivity contribution in [1.82, 2.24) is 4.98 Å². The maximum absolute atomic E-state index is 12.7. The van der Waals surface area contributed by atoms with Gasteiger partial charge >= 0.3 is 0 Å². The van der Waals surface area contributed by atoms with Crippen molar-refractivity contribution in [1.29, 1.82) is 0 Å². The summed E-state index contributed by atoms with van der Waals surface area (Å²) in [5, 5.41) is -0.278. The summed E-state index contributed by atoms with van der Waals surface area (Å²) in [5.41, 5.74) is -1.87. The van der Waals surface area contributed by atoms with Crippen molar-refractivity contribution in [3.8, 4) is 0 Å². The van der Waals surface area contributed by atoms with E-state index in [9.17, 15) is 18.4 Å². The van der Waals surface area contributed by atoms with Crippen LogP contribution in [0, 0.1) is 0 Å². The van der Waals surface area contributed by atoms with Crippen LogP contribution >= 0.6 is 11.6 Å². The summed E-state index contributed by atoms with van der Waals surface area (Å²) in [6.07, 6.45) is 0.221. The van der Waals surface area contributed by atoms with Crippen molar-refractivity contribution in [3.63, 3.8) is 0 Å². The van der Waals surface area contributed by atoms with Gasteiger partial charge < -0.3 is 4.98 Å². The first-order chi connectivity index (χ1) is 6.36. The zero-order valence-electron chi connectivity index (χ0n) is 7.11. The summed E-state index contributed by atoms with van der Waals surface area (Å²) in [6.45, 7) is 0.620. The Bertz CT molecular complexity index is 422. The van der Waals surface area contributed by atoms with Crippen molar-refractivity contribution in [2.24, 2.45) is 0 Å². The molecule has 1 aromatic rings. The van der Waals surface area contributed by atoms with Crippen LogP contribution in [-0.4, -0.2) is 11.3 Å². The monoisotopic (exact) mass is 221 g/mol. The molecule has 0 aromatic carbocycles. The topological polar surface area (TPSA) is 49.9 Å². The lowest BCUT2D eigenvalue weighted by molar-refractivity contribution is 0.0125. The molecule has 0 unspecified atom stereocenters. The average molecular weight is 222 g/mol. The first-order valence-corrected chi connectivity index (χ1v) is 4.00. The van der Waals surface area contributed by atoms with Crippen molar-refractivity contribution >= 4 is 17.9 Å². The van der Waals surface area contributed by atoms with Gasteiger partial charge in [0.25, 0.3) is 11.5 Å². The molecule has 0 aliphatic carbocycles. The van der Waals surface area contributed by atoms with E-state index >= 15 is 0 Å². The third kappa shape index (κ3) is 1.98. The highest BCUT2D eigenvalue weighted by atomic mass is 35.5. The van der Waals surface area contributed by atoms with Gasteiger partial charge in [-0.05, 0) is 6.07 Å². The fraction of sp³-hybridized carbons (Fsp3) is 0.250. The molecule has 0 saturated heterocycles. The third-order valence-electron chi connectivity index (χ3n) is 1.61. The molecule has 0 aliphatic rings. The number of alkyl halides is 2. The van der Waals surface area contributed by atoms with Gasteiger partial charge in [0.2, 0.25) is 0 Å². The summed E-state index contributed by atoms with van der Waals surface area (Å²) >= 11 is 5.46. The minimum absolute atomic E-state index is 0.221. The van der Waals surface area contributed by atoms with E-state index in [1.807, 2.05) is 4.98 Å². The first kappa shape index (κ1) is 10.8. The smallest absolute Gasteiger partial charge is 0.285 e. The van der Waals surface area contributed by atoms with Crippen LogP contribution in [0.3, 0.4) is 0 Å². The van der Waals surface area contributed by atoms with Gasteiger partial charge in [0, 0.05) is 6.92 Å². The minimum Gasteiger partial charge on any atom is -0.320 e. The number of halogens is 3. The molecular formula is C8H6ClF2NO2. The summed E-state index contributed by atoms with van der Waals surface area (Å²) in [4.78, 5) is 23.2. The Morgan fingerprint density at radius 2 is 2.14 bits per heavy atom. The molecule has 1 heterocycles. The second-order valence-corrected chi connectivity index (χ2v) is 3.19. The van der Waals surface area contributed by atoms with Crippen molar-refractivity contribution in [2.45, 2.75) is 12.8 Å². The van der Waals surface area contributed by atoms with Gasteiger partial charge in [-0.1, -0.05) is 11.6 Å². The van der Waals surface area contributed by atoms with E-state index in [-0.39, 0.29) is 16.9 Å². The highest BCUT2D eigenvalue weighted by Crippen LogP contribution is 2.26. The van der Waals surface area contributed by atoms with Gasteiger partial charge in [0.05, 0.1) is 16.3 Å². The number of rotatable bonds is 2. The molecule has 0 saturated carbocycles. The van der Waals surface area contributed by atoms with E-state index in [1.54, 1.807) is 0 Å². The lowest BCUT2D eigenvalue weighted by Crippen LogP contribution is -2.20. The molecule has 0 aliphatic heterocycles. The predicted molar refractivity (Wildman–Crippen MR) is 47.0 cm³/mol. The maximum atomic E-state index is 12.7. The van der Waals surface area contributed by atoms with Gasteiger partial charge in [0.1, 0.15) is 0 Å². The van der Waals surface area contributed by atoms with E-state index < -0.39 is 17.2 Å². The Kier molecular flexibility index (Phi) is 2.71. The number of hydrogen-bond acceptors (Lipinski definition) is 2. The normalized spacial score (nSPS) is 11.4. The van der Waals surface area contributed by atoms with Crippen LogP contribution in [0.2, 0.25) is 5.02 Å². The number of pyridine rings is 1. The SMILES string of the molecule is CC(F)(F)c1cc(Cl)c(C=O)c(=O)[nH]1. The number of nitrogens with one attached hydrogen (secondary N) is 1. The minimum atomic E-state index is -3.19. The van der Waals surface area contributed by atoms with Gasteiger partial charge in [-0.3, -0.25) is 9.59 Å². The molecule has 0 atom stereocenters. The number of hydrogen-bond donors (Lipinski definition) is 1. The average Bonchev–Trinajstić information content (AvgIpc) is 2.01. The second kappa shape index (κ2) is 3.49. The number of aldehydes is 1. The molecule has 0 fully saturated rings. The van der Waals surface area contributed by atoms with Crippen LogP contribution in [0.4, 0.5) is 8.78 Å². The highest BCUT2D eigenvalue weighted by Gasteiger charge is 2.26. The van der Waals surface area contributed by atoms with Crippen LogP contribution in [0.25, 0.3) is 0 Å². The predicted octanol–water partition coefficient (Wildman–Crippen LogP) is 1.95. The molecule has 0 amide bonds. The summed E-state index contributed by atoms with van der Waals surface area (Å²) < 4.78 is 25.5. The van der Waals surface area contributed by atoms with Gasteiger partial charge in [0.15, 0.2) is 6.29 Å². The molecule has 14 heavy (non-hydrogen) atoms. The molecule has 76 valence electrons. The summed E-state index contributed by atoms with van der Waals surface area (Å²) in [5.74, 6) is -3.19. The maximum Gasteiger partial charge on any atom is 0.285 e. The zero-order chi connectivity index (χ0) is 10.9.